The molecule has 9 heavy (non-hydrogen) atoms. The lowest BCUT2D eigenvalue weighted by molar-refractivity contribution is 1.31. The standard InChI is InChI=1S/C4H8.C3H4N2/c1-3-4-2;1-2-5-3-4-1/h3-4H,1-2H3;1-3H,(H,4,5). The van der Waals surface area contributed by atoms with Crippen molar-refractivity contribution in [3.8, 4) is 0 Å². The highest BCUT2D eigenvalue weighted by atomic mass is 14.8. The van der Waals surface area contributed by atoms with E-state index in [0.717, 1.165) is 0 Å². The number of aromatic nitrogens is 2. The third-order valence-electron chi connectivity index (χ3n) is 0.739. The van der Waals surface area contributed by atoms with Gasteiger partial charge in [0.15, 0.2) is 0 Å². The van der Waals surface area contributed by atoms with Crippen molar-refractivity contribution in [1.29, 1.82) is 0 Å². The number of hydrogen-bond acceptors (Lipinski definition) is 1. The SMILES string of the molecule is CC=CC.c1c[nH]cn1. The molecular weight excluding hydrogens is 112 g/mol. The summed E-state index contributed by atoms with van der Waals surface area (Å²) in [6.07, 6.45) is 9.08. The van der Waals surface area contributed by atoms with Gasteiger partial charge in [0.25, 0.3) is 0 Å². The fraction of sp³-hybridized carbons (Fsp3) is 0.286. The Hall–Kier alpha value is -1.05. The second kappa shape index (κ2) is 6.95. The van der Waals surface area contributed by atoms with Gasteiger partial charge in [-0.25, -0.2) is 4.98 Å². The Morgan fingerprint density at radius 2 is 2.00 bits per heavy atom. The summed E-state index contributed by atoms with van der Waals surface area (Å²) in [5.41, 5.74) is 0. The molecule has 0 unspecified atom stereocenters. The number of rotatable bonds is 0. The van der Waals surface area contributed by atoms with E-state index in [0.29, 0.717) is 0 Å². The molecule has 2 heteroatoms. The lowest BCUT2D eigenvalue weighted by Crippen LogP contribution is -1.44. The first-order valence-electron chi connectivity index (χ1n) is 2.92. The normalized spacial score (nSPS) is 8.67. The van der Waals surface area contributed by atoms with Crippen LogP contribution >= 0.6 is 0 Å². The van der Waals surface area contributed by atoms with Gasteiger partial charge in [-0.1, -0.05) is 12.2 Å². The van der Waals surface area contributed by atoms with Gasteiger partial charge in [-0.15, -0.1) is 0 Å². The van der Waals surface area contributed by atoms with E-state index in [1.807, 2.05) is 26.0 Å². The van der Waals surface area contributed by atoms with Gasteiger partial charge in [0.1, 0.15) is 0 Å². The zero-order valence-corrected chi connectivity index (χ0v) is 5.83. The highest BCUT2D eigenvalue weighted by Crippen LogP contribution is 1.62. The summed E-state index contributed by atoms with van der Waals surface area (Å²) in [7, 11) is 0. The molecule has 1 heterocycles. The average molecular weight is 124 g/mol. The Morgan fingerprint density at radius 1 is 1.33 bits per heavy atom. The van der Waals surface area contributed by atoms with Crippen molar-refractivity contribution in [2.75, 3.05) is 0 Å². The van der Waals surface area contributed by atoms with Crippen molar-refractivity contribution in [2.45, 2.75) is 13.8 Å². The summed E-state index contributed by atoms with van der Waals surface area (Å²) in [5, 5.41) is 0. The number of nitrogens with one attached hydrogen (secondary N) is 1. The number of nitrogens with zero attached hydrogens (tertiary/aromatic N) is 1. The minimum atomic E-state index is 1.62. The summed E-state index contributed by atoms with van der Waals surface area (Å²) in [6, 6.07) is 0. The highest BCUT2D eigenvalue weighted by Gasteiger charge is 1.56. The van der Waals surface area contributed by atoms with Crippen molar-refractivity contribution in [3.05, 3.63) is 30.9 Å². The molecule has 1 N–H and O–H groups in total. The van der Waals surface area contributed by atoms with E-state index < -0.39 is 0 Å². The van der Waals surface area contributed by atoms with E-state index in [-0.39, 0.29) is 0 Å². The Kier molecular flexibility index (Phi) is 6.14. The first-order valence-corrected chi connectivity index (χ1v) is 2.92. The maximum absolute atomic E-state index is 3.67. The van der Waals surface area contributed by atoms with E-state index in [4.69, 9.17) is 0 Å². The molecule has 0 amide bonds. The fourth-order valence-electron chi connectivity index (χ4n) is 0.215. The van der Waals surface area contributed by atoms with Crippen LogP contribution in [0.4, 0.5) is 0 Å². The lowest BCUT2D eigenvalue weighted by Gasteiger charge is -1.49. The Bertz CT molecular complexity index is 109. The van der Waals surface area contributed by atoms with Crippen LogP contribution in [0.25, 0.3) is 0 Å². The zero-order chi connectivity index (χ0) is 6.95. The van der Waals surface area contributed by atoms with Crippen LogP contribution in [0, 0.1) is 0 Å². The van der Waals surface area contributed by atoms with Crippen LogP contribution in [0.15, 0.2) is 30.9 Å². The van der Waals surface area contributed by atoms with Gasteiger partial charge in [0.05, 0.1) is 6.33 Å². The van der Waals surface area contributed by atoms with E-state index in [2.05, 4.69) is 9.97 Å². The topological polar surface area (TPSA) is 28.7 Å². The second-order valence-corrected chi connectivity index (χ2v) is 1.43. The Balaban J connectivity index is 0.000000148. The molecule has 1 aromatic rings. The molecule has 0 spiro atoms. The molecule has 0 radical (unpaired) electrons. The van der Waals surface area contributed by atoms with Gasteiger partial charge < -0.3 is 4.98 Å². The van der Waals surface area contributed by atoms with E-state index in [1.54, 1.807) is 18.7 Å². The molecule has 50 valence electrons. The van der Waals surface area contributed by atoms with Crippen LogP contribution in [0.2, 0.25) is 0 Å². The predicted octanol–water partition coefficient (Wildman–Crippen LogP) is 1.99. The summed E-state index contributed by atoms with van der Waals surface area (Å²) < 4.78 is 0. The summed E-state index contributed by atoms with van der Waals surface area (Å²) in [6.45, 7) is 4.00. The number of hydrogen-bond donors (Lipinski definition) is 1. The molecule has 0 aliphatic carbocycles. The largest absolute Gasteiger partial charge is 0.351 e. The average Bonchev–Trinajstić information content (AvgIpc) is 2.43. The van der Waals surface area contributed by atoms with E-state index >= 15 is 0 Å². The molecule has 0 fully saturated rings. The Morgan fingerprint density at radius 3 is 2.11 bits per heavy atom. The van der Waals surface area contributed by atoms with Gasteiger partial charge in [0.2, 0.25) is 0 Å². The molecule has 0 aliphatic rings. The van der Waals surface area contributed by atoms with Crippen LogP contribution < -0.4 is 0 Å². The third kappa shape index (κ3) is 6.95. The van der Waals surface area contributed by atoms with Crippen LogP contribution in [0.1, 0.15) is 13.8 Å². The van der Waals surface area contributed by atoms with Crippen LogP contribution in [0.5, 0.6) is 0 Å². The van der Waals surface area contributed by atoms with Gasteiger partial charge in [0, 0.05) is 12.4 Å². The highest BCUT2D eigenvalue weighted by molar-refractivity contribution is 4.68. The van der Waals surface area contributed by atoms with Gasteiger partial charge >= 0.3 is 0 Å². The minimum absolute atomic E-state index is 1.62. The van der Waals surface area contributed by atoms with Gasteiger partial charge in [-0.05, 0) is 13.8 Å². The maximum Gasteiger partial charge on any atom is 0.0919 e. The number of aromatic amines is 1. The van der Waals surface area contributed by atoms with Crippen molar-refractivity contribution in [2.24, 2.45) is 0 Å². The molecule has 0 saturated heterocycles. The first-order chi connectivity index (χ1) is 4.41. The molecule has 0 aliphatic heterocycles. The summed E-state index contributed by atoms with van der Waals surface area (Å²) in [5.74, 6) is 0. The molecule has 1 rings (SSSR count). The molecule has 0 atom stereocenters. The summed E-state index contributed by atoms with van der Waals surface area (Å²) >= 11 is 0. The van der Waals surface area contributed by atoms with Crippen LogP contribution in [0.3, 0.4) is 0 Å². The van der Waals surface area contributed by atoms with E-state index in [1.165, 1.54) is 0 Å². The maximum atomic E-state index is 3.67. The molecule has 0 aromatic carbocycles. The molecule has 1 aromatic heterocycles. The molecule has 0 bridgehead atoms. The molecule has 0 saturated carbocycles. The summed E-state index contributed by atoms with van der Waals surface area (Å²) in [4.78, 5) is 6.42. The fourth-order valence-corrected chi connectivity index (χ4v) is 0.215. The quantitative estimate of drug-likeness (QED) is 0.526. The van der Waals surface area contributed by atoms with Crippen LogP contribution in [-0.2, 0) is 0 Å². The predicted molar refractivity (Wildman–Crippen MR) is 39.1 cm³/mol. The van der Waals surface area contributed by atoms with E-state index in [9.17, 15) is 0 Å². The first kappa shape index (κ1) is 7.95. The van der Waals surface area contributed by atoms with Crippen molar-refractivity contribution >= 4 is 0 Å². The number of allylic oxidation sites excluding steroid dienone is 2. The van der Waals surface area contributed by atoms with Gasteiger partial charge in [-0.2, -0.15) is 0 Å². The molecule has 2 nitrogen and oxygen atoms in total. The third-order valence-corrected chi connectivity index (χ3v) is 0.739. The number of imidazole rings is 1. The smallest absolute Gasteiger partial charge is 0.0919 e. The van der Waals surface area contributed by atoms with Crippen molar-refractivity contribution in [1.82, 2.24) is 9.97 Å². The zero-order valence-electron chi connectivity index (χ0n) is 5.83. The van der Waals surface area contributed by atoms with Crippen molar-refractivity contribution in [3.63, 3.8) is 0 Å². The molecular formula is C7H12N2. The van der Waals surface area contributed by atoms with Crippen molar-refractivity contribution < 1.29 is 0 Å². The second-order valence-electron chi connectivity index (χ2n) is 1.43. The monoisotopic (exact) mass is 124 g/mol. The Labute approximate surface area is 55.6 Å². The van der Waals surface area contributed by atoms with Crippen LogP contribution in [-0.4, -0.2) is 9.97 Å². The number of H-pyrrole nitrogens is 1. The van der Waals surface area contributed by atoms with Gasteiger partial charge in [-0.3, -0.25) is 0 Å². The minimum Gasteiger partial charge on any atom is -0.351 e. The lowest BCUT2D eigenvalue weighted by atomic mass is 10.6.